The first-order valence-corrected chi connectivity index (χ1v) is 6.17. The number of aliphatic hydroxyl groups is 1. The van der Waals surface area contributed by atoms with Crippen LogP contribution in [0.15, 0.2) is 0 Å². The predicted molar refractivity (Wildman–Crippen MR) is 52.7 cm³/mol. The lowest BCUT2D eigenvalue weighted by atomic mass is 10.1. The summed E-state index contributed by atoms with van der Waals surface area (Å²) in [6.07, 6.45) is -0.192. The fourth-order valence-electron chi connectivity index (χ4n) is 0.814. The molecule has 0 aliphatic rings. The van der Waals surface area contributed by atoms with Gasteiger partial charge in [0.2, 0.25) is 0 Å². The summed E-state index contributed by atoms with van der Waals surface area (Å²) in [6, 6.07) is 0. The van der Waals surface area contributed by atoms with E-state index in [9.17, 15) is 8.42 Å². The van der Waals surface area contributed by atoms with Crippen molar-refractivity contribution in [2.75, 3.05) is 19.0 Å². The van der Waals surface area contributed by atoms with E-state index in [1.807, 2.05) is 13.8 Å². The highest BCUT2D eigenvalue weighted by molar-refractivity contribution is 7.85. The van der Waals surface area contributed by atoms with Crippen LogP contribution in [0, 0.1) is 5.92 Å². The van der Waals surface area contributed by atoms with Gasteiger partial charge in [-0.3, -0.25) is 4.55 Å². The molecule has 2 atom stereocenters. The molecule has 0 saturated heterocycles. The molecule has 14 heavy (non-hydrogen) atoms. The summed E-state index contributed by atoms with van der Waals surface area (Å²) >= 11 is 0. The number of rotatable bonds is 7. The molecule has 0 fully saturated rings. The van der Waals surface area contributed by atoms with Crippen LogP contribution in [0.5, 0.6) is 0 Å². The molecule has 2 unspecified atom stereocenters. The van der Waals surface area contributed by atoms with Crippen LogP contribution in [0.25, 0.3) is 0 Å². The van der Waals surface area contributed by atoms with Gasteiger partial charge < -0.3 is 9.84 Å². The largest absolute Gasteiger partial charge is 0.390 e. The molecule has 0 saturated carbocycles. The van der Waals surface area contributed by atoms with E-state index in [0.29, 0.717) is 12.5 Å². The lowest BCUT2D eigenvalue weighted by Gasteiger charge is -2.12. The van der Waals surface area contributed by atoms with E-state index in [4.69, 9.17) is 14.4 Å². The first kappa shape index (κ1) is 13.8. The summed E-state index contributed by atoms with van der Waals surface area (Å²) in [5, 5.41) is 9.11. The fraction of sp³-hybridized carbons (Fsp3) is 1.00. The standard InChI is InChI=1S/C8H18O5S/c1-3-7(2)4-13-5-8(9)6-14(10,11)12/h7-9H,3-6H2,1-2H3,(H,10,11,12). The van der Waals surface area contributed by atoms with E-state index in [1.165, 1.54) is 0 Å². The lowest BCUT2D eigenvalue weighted by Crippen LogP contribution is -2.26. The quantitative estimate of drug-likeness (QED) is 0.610. The molecule has 0 aromatic rings. The molecule has 0 bridgehead atoms. The maximum atomic E-state index is 10.3. The molecule has 0 radical (unpaired) electrons. The van der Waals surface area contributed by atoms with Crippen LogP contribution >= 0.6 is 0 Å². The Morgan fingerprint density at radius 1 is 1.36 bits per heavy atom. The van der Waals surface area contributed by atoms with Gasteiger partial charge in [-0.15, -0.1) is 0 Å². The van der Waals surface area contributed by atoms with E-state index in [-0.39, 0.29) is 6.61 Å². The van der Waals surface area contributed by atoms with Crippen LogP contribution in [-0.4, -0.2) is 43.1 Å². The highest BCUT2D eigenvalue weighted by Crippen LogP contribution is 2.01. The van der Waals surface area contributed by atoms with Crippen LogP contribution in [0.3, 0.4) is 0 Å². The van der Waals surface area contributed by atoms with Gasteiger partial charge in [0.15, 0.2) is 0 Å². The van der Waals surface area contributed by atoms with Gasteiger partial charge >= 0.3 is 0 Å². The van der Waals surface area contributed by atoms with Crippen molar-refractivity contribution in [2.24, 2.45) is 5.92 Å². The molecule has 0 aromatic heterocycles. The van der Waals surface area contributed by atoms with Crippen molar-refractivity contribution in [3.05, 3.63) is 0 Å². The maximum Gasteiger partial charge on any atom is 0.267 e. The Kier molecular flexibility index (Phi) is 6.26. The average molecular weight is 226 g/mol. The highest BCUT2D eigenvalue weighted by Gasteiger charge is 2.14. The second-order valence-electron chi connectivity index (χ2n) is 3.45. The average Bonchev–Trinajstić information content (AvgIpc) is 2.00. The summed E-state index contributed by atoms with van der Waals surface area (Å²) in [7, 11) is -4.11. The first-order chi connectivity index (χ1) is 6.35. The van der Waals surface area contributed by atoms with Gasteiger partial charge in [0.25, 0.3) is 10.1 Å². The van der Waals surface area contributed by atoms with E-state index < -0.39 is 22.0 Å². The second kappa shape index (κ2) is 6.34. The van der Waals surface area contributed by atoms with Gasteiger partial charge in [0.1, 0.15) is 5.75 Å². The number of ether oxygens (including phenoxy) is 1. The Hall–Kier alpha value is -0.170. The molecule has 0 spiro atoms. The third-order valence-corrected chi connectivity index (χ3v) is 2.62. The monoisotopic (exact) mass is 226 g/mol. The fourth-order valence-corrected chi connectivity index (χ4v) is 1.40. The smallest absolute Gasteiger partial charge is 0.267 e. The molecular formula is C8H18O5S. The Labute approximate surface area is 84.8 Å². The van der Waals surface area contributed by atoms with Gasteiger partial charge in [0.05, 0.1) is 12.7 Å². The maximum absolute atomic E-state index is 10.3. The van der Waals surface area contributed by atoms with Crippen LogP contribution in [0.2, 0.25) is 0 Å². The summed E-state index contributed by atoms with van der Waals surface area (Å²) in [5.74, 6) is -0.291. The van der Waals surface area contributed by atoms with Gasteiger partial charge in [-0.1, -0.05) is 20.3 Å². The molecule has 0 rings (SSSR count). The van der Waals surface area contributed by atoms with Crippen molar-refractivity contribution < 1.29 is 22.8 Å². The molecule has 86 valence electrons. The normalized spacial score (nSPS) is 16.6. The van der Waals surface area contributed by atoms with Crippen LogP contribution < -0.4 is 0 Å². The minimum atomic E-state index is -4.11. The summed E-state index contributed by atoms with van der Waals surface area (Å²) in [6.45, 7) is 4.43. The number of hydrogen-bond acceptors (Lipinski definition) is 4. The summed E-state index contributed by atoms with van der Waals surface area (Å²) < 4.78 is 34.1. The molecule has 0 aliphatic heterocycles. The van der Waals surface area contributed by atoms with Crippen LogP contribution in [0.4, 0.5) is 0 Å². The molecule has 0 aromatic carbocycles. The van der Waals surface area contributed by atoms with E-state index in [0.717, 1.165) is 6.42 Å². The Bertz CT molecular complexity index is 236. The Morgan fingerprint density at radius 3 is 2.36 bits per heavy atom. The van der Waals surface area contributed by atoms with E-state index >= 15 is 0 Å². The van der Waals surface area contributed by atoms with Crippen molar-refractivity contribution in [2.45, 2.75) is 26.4 Å². The second-order valence-corrected chi connectivity index (χ2v) is 4.95. The topological polar surface area (TPSA) is 83.8 Å². The van der Waals surface area contributed by atoms with Crippen LogP contribution in [0.1, 0.15) is 20.3 Å². The van der Waals surface area contributed by atoms with Gasteiger partial charge in [-0.05, 0) is 5.92 Å². The Balaban J connectivity index is 3.60. The first-order valence-electron chi connectivity index (χ1n) is 4.56. The molecule has 5 nitrogen and oxygen atoms in total. The van der Waals surface area contributed by atoms with Crippen molar-refractivity contribution in [1.82, 2.24) is 0 Å². The minimum Gasteiger partial charge on any atom is -0.390 e. The van der Waals surface area contributed by atoms with Crippen molar-refractivity contribution in [3.63, 3.8) is 0 Å². The zero-order valence-electron chi connectivity index (χ0n) is 8.51. The predicted octanol–water partition coefficient (Wildman–Crippen LogP) is 0.298. The molecule has 6 heteroatoms. The van der Waals surface area contributed by atoms with Crippen molar-refractivity contribution >= 4 is 10.1 Å². The lowest BCUT2D eigenvalue weighted by molar-refractivity contribution is 0.0321. The SMILES string of the molecule is CCC(C)COCC(O)CS(=O)(=O)O. The Morgan fingerprint density at radius 2 is 1.93 bits per heavy atom. The molecule has 2 N–H and O–H groups in total. The van der Waals surface area contributed by atoms with Crippen molar-refractivity contribution in [3.8, 4) is 0 Å². The van der Waals surface area contributed by atoms with Gasteiger partial charge in [-0.2, -0.15) is 8.42 Å². The highest BCUT2D eigenvalue weighted by atomic mass is 32.2. The molecule has 0 amide bonds. The van der Waals surface area contributed by atoms with Gasteiger partial charge in [0, 0.05) is 6.61 Å². The number of hydrogen-bond donors (Lipinski definition) is 2. The minimum absolute atomic E-state index is 0.0653. The molecule has 0 heterocycles. The van der Waals surface area contributed by atoms with Crippen LogP contribution in [-0.2, 0) is 14.9 Å². The number of aliphatic hydroxyl groups excluding tert-OH is 1. The zero-order chi connectivity index (χ0) is 11.2. The van der Waals surface area contributed by atoms with E-state index in [2.05, 4.69) is 0 Å². The summed E-state index contributed by atoms with van der Waals surface area (Å²) in [4.78, 5) is 0. The van der Waals surface area contributed by atoms with E-state index in [1.54, 1.807) is 0 Å². The van der Waals surface area contributed by atoms with Crippen molar-refractivity contribution in [1.29, 1.82) is 0 Å². The zero-order valence-corrected chi connectivity index (χ0v) is 9.33. The summed E-state index contributed by atoms with van der Waals surface area (Å²) in [5.41, 5.74) is 0. The third-order valence-electron chi connectivity index (χ3n) is 1.81. The third kappa shape index (κ3) is 8.43. The van der Waals surface area contributed by atoms with Gasteiger partial charge in [-0.25, -0.2) is 0 Å². The molecule has 0 aliphatic carbocycles. The molecular weight excluding hydrogens is 208 g/mol.